The van der Waals surface area contributed by atoms with Crippen LogP contribution in [0.4, 0.5) is 4.79 Å². The number of hydrogen-bond acceptors (Lipinski definition) is 3. The largest absolute Gasteiger partial charge is 0.377 e. The smallest absolute Gasteiger partial charge is 0.318 e. The van der Waals surface area contributed by atoms with Crippen molar-refractivity contribution < 1.29 is 9.53 Å². The summed E-state index contributed by atoms with van der Waals surface area (Å²) in [6.45, 7) is 9.70. The lowest BCUT2D eigenvalue weighted by Gasteiger charge is -2.35. The van der Waals surface area contributed by atoms with Crippen LogP contribution in [0.1, 0.15) is 33.0 Å². The number of nitrogens with zero attached hydrogens (tertiary/aromatic N) is 3. The van der Waals surface area contributed by atoms with Gasteiger partial charge in [0, 0.05) is 25.5 Å². The summed E-state index contributed by atoms with van der Waals surface area (Å²) in [5.41, 5.74) is 0. The van der Waals surface area contributed by atoms with Gasteiger partial charge >= 0.3 is 6.03 Å². The summed E-state index contributed by atoms with van der Waals surface area (Å²) in [4.78, 5) is 18.5. The number of carbonyl (C=O) groups is 1. The lowest BCUT2D eigenvalue weighted by atomic mass is 10.2. The van der Waals surface area contributed by atoms with Gasteiger partial charge in [-0.25, -0.2) is 9.78 Å². The van der Waals surface area contributed by atoms with Crippen LogP contribution < -0.4 is 5.32 Å². The van der Waals surface area contributed by atoms with Crippen molar-refractivity contribution >= 4 is 6.03 Å². The lowest BCUT2D eigenvalue weighted by molar-refractivity contribution is 0.0112. The van der Waals surface area contributed by atoms with Gasteiger partial charge in [0.2, 0.25) is 0 Å². The van der Waals surface area contributed by atoms with Gasteiger partial charge in [0.05, 0.1) is 25.8 Å². The standard InChI is InChI=1S/C15H26N4O2/c1-4-13-11-21-8-7-19(13)15(20)17-9-14-16-5-6-18(14)10-12(2)3/h5-6,12-13H,4,7-11H2,1-3H3,(H,17,20)/t13-/m1/s1. The summed E-state index contributed by atoms with van der Waals surface area (Å²) in [6, 6.07) is 0.151. The fourth-order valence-corrected chi connectivity index (χ4v) is 2.58. The van der Waals surface area contributed by atoms with E-state index >= 15 is 0 Å². The minimum absolute atomic E-state index is 0.0238. The predicted molar refractivity (Wildman–Crippen MR) is 80.9 cm³/mol. The predicted octanol–water partition coefficient (Wildman–Crippen LogP) is 1.86. The van der Waals surface area contributed by atoms with E-state index in [0.29, 0.717) is 32.2 Å². The second-order valence-corrected chi connectivity index (χ2v) is 5.88. The molecule has 0 radical (unpaired) electrons. The number of hydrogen-bond donors (Lipinski definition) is 1. The first-order chi connectivity index (χ1) is 10.1. The Balaban J connectivity index is 1.90. The second-order valence-electron chi connectivity index (χ2n) is 5.88. The van der Waals surface area contributed by atoms with Crippen LogP contribution in [0.15, 0.2) is 12.4 Å². The Hall–Kier alpha value is -1.56. The van der Waals surface area contributed by atoms with E-state index < -0.39 is 0 Å². The van der Waals surface area contributed by atoms with Gasteiger partial charge in [0.15, 0.2) is 0 Å². The third kappa shape index (κ3) is 4.20. The highest BCUT2D eigenvalue weighted by Crippen LogP contribution is 2.10. The van der Waals surface area contributed by atoms with Crippen molar-refractivity contribution in [1.82, 2.24) is 19.8 Å². The first-order valence-electron chi connectivity index (χ1n) is 7.74. The molecular weight excluding hydrogens is 268 g/mol. The van der Waals surface area contributed by atoms with Crippen molar-refractivity contribution in [1.29, 1.82) is 0 Å². The molecule has 2 amide bonds. The normalized spacial score (nSPS) is 19.0. The average molecular weight is 294 g/mol. The zero-order chi connectivity index (χ0) is 15.2. The van der Waals surface area contributed by atoms with Gasteiger partial charge in [-0.3, -0.25) is 0 Å². The Morgan fingerprint density at radius 2 is 2.38 bits per heavy atom. The van der Waals surface area contributed by atoms with E-state index in [-0.39, 0.29) is 12.1 Å². The lowest BCUT2D eigenvalue weighted by Crippen LogP contribution is -2.52. The van der Waals surface area contributed by atoms with E-state index in [9.17, 15) is 4.79 Å². The number of carbonyl (C=O) groups excluding carboxylic acids is 1. The molecule has 21 heavy (non-hydrogen) atoms. The third-order valence-corrected chi connectivity index (χ3v) is 3.72. The first kappa shape index (κ1) is 15.8. The minimum Gasteiger partial charge on any atom is -0.377 e. The fourth-order valence-electron chi connectivity index (χ4n) is 2.58. The van der Waals surface area contributed by atoms with Crippen molar-refractivity contribution in [2.24, 2.45) is 5.92 Å². The summed E-state index contributed by atoms with van der Waals surface area (Å²) in [6.07, 6.45) is 4.66. The van der Waals surface area contributed by atoms with Gasteiger partial charge in [0.1, 0.15) is 5.82 Å². The van der Waals surface area contributed by atoms with E-state index in [4.69, 9.17) is 4.74 Å². The molecule has 1 saturated heterocycles. The van der Waals surface area contributed by atoms with Gasteiger partial charge in [0.25, 0.3) is 0 Å². The van der Waals surface area contributed by atoms with Crippen molar-refractivity contribution in [3.63, 3.8) is 0 Å². The summed E-state index contributed by atoms with van der Waals surface area (Å²) in [7, 11) is 0. The topological polar surface area (TPSA) is 59.4 Å². The highest BCUT2D eigenvalue weighted by atomic mass is 16.5. The number of imidazole rings is 1. The third-order valence-electron chi connectivity index (χ3n) is 3.72. The van der Waals surface area contributed by atoms with Gasteiger partial charge in [-0.2, -0.15) is 0 Å². The summed E-state index contributed by atoms with van der Waals surface area (Å²) in [5, 5.41) is 2.98. The number of nitrogens with one attached hydrogen (secondary N) is 1. The van der Waals surface area contributed by atoms with Crippen LogP contribution in [0.3, 0.4) is 0 Å². The van der Waals surface area contributed by atoms with Crippen molar-refractivity contribution in [3.05, 3.63) is 18.2 Å². The molecule has 1 N–H and O–H groups in total. The van der Waals surface area contributed by atoms with Crippen LogP contribution >= 0.6 is 0 Å². The molecule has 1 aromatic heterocycles. The molecule has 0 bridgehead atoms. The Kier molecular flexibility index (Phi) is 5.61. The number of urea groups is 1. The van der Waals surface area contributed by atoms with Gasteiger partial charge < -0.3 is 19.5 Å². The Bertz CT molecular complexity index is 458. The number of ether oxygens (including phenoxy) is 1. The number of morpholine rings is 1. The molecule has 2 rings (SSSR count). The monoisotopic (exact) mass is 294 g/mol. The van der Waals surface area contributed by atoms with Crippen LogP contribution in [0.5, 0.6) is 0 Å². The Labute approximate surface area is 126 Å². The van der Waals surface area contributed by atoms with Crippen molar-refractivity contribution in [2.45, 2.75) is 46.3 Å². The van der Waals surface area contributed by atoms with E-state index in [1.165, 1.54) is 0 Å². The van der Waals surface area contributed by atoms with Gasteiger partial charge in [-0.1, -0.05) is 20.8 Å². The molecule has 1 aliphatic heterocycles. The molecule has 6 heteroatoms. The average Bonchev–Trinajstić information content (AvgIpc) is 2.91. The van der Waals surface area contributed by atoms with Crippen LogP contribution in [-0.2, 0) is 17.8 Å². The molecule has 1 atom stereocenters. The molecule has 1 fully saturated rings. The molecule has 118 valence electrons. The maximum atomic E-state index is 12.3. The van der Waals surface area contributed by atoms with E-state index in [0.717, 1.165) is 18.8 Å². The van der Waals surface area contributed by atoms with E-state index in [1.54, 1.807) is 6.20 Å². The van der Waals surface area contributed by atoms with Crippen molar-refractivity contribution in [3.8, 4) is 0 Å². The first-order valence-corrected chi connectivity index (χ1v) is 7.74. The Morgan fingerprint density at radius 1 is 1.57 bits per heavy atom. The molecule has 6 nitrogen and oxygen atoms in total. The minimum atomic E-state index is -0.0238. The van der Waals surface area contributed by atoms with E-state index in [1.807, 2.05) is 11.1 Å². The van der Waals surface area contributed by atoms with Gasteiger partial charge in [-0.05, 0) is 12.3 Å². The number of aromatic nitrogens is 2. The Morgan fingerprint density at radius 3 is 3.10 bits per heavy atom. The molecule has 2 heterocycles. The van der Waals surface area contributed by atoms with E-state index in [2.05, 4.69) is 35.6 Å². The SMILES string of the molecule is CC[C@@H]1COCCN1C(=O)NCc1nccn1CC(C)C. The molecule has 0 unspecified atom stereocenters. The molecule has 1 aliphatic rings. The maximum absolute atomic E-state index is 12.3. The highest BCUT2D eigenvalue weighted by molar-refractivity contribution is 5.74. The van der Waals surface area contributed by atoms with Crippen LogP contribution in [0, 0.1) is 5.92 Å². The van der Waals surface area contributed by atoms with Crippen molar-refractivity contribution in [2.75, 3.05) is 19.8 Å². The zero-order valence-corrected chi connectivity index (χ0v) is 13.2. The molecule has 0 saturated carbocycles. The molecular formula is C15H26N4O2. The molecule has 1 aromatic rings. The quantitative estimate of drug-likeness (QED) is 0.901. The van der Waals surface area contributed by atoms with Gasteiger partial charge in [-0.15, -0.1) is 0 Å². The van der Waals surface area contributed by atoms with Crippen LogP contribution in [-0.4, -0.2) is 46.3 Å². The zero-order valence-electron chi connectivity index (χ0n) is 13.2. The summed E-state index contributed by atoms with van der Waals surface area (Å²) >= 11 is 0. The fraction of sp³-hybridized carbons (Fsp3) is 0.733. The van der Waals surface area contributed by atoms with Crippen LogP contribution in [0.25, 0.3) is 0 Å². The van der Waals surface area contributed by atoms with Crippen LogP contribution in [0.2, 0.25) is 0 Å². The number of rotatable bonds is 5. The number of amides is 2. The highest BCUT2D eigenvalue weighted by Gasteiger charge is 2.25. The molecule has 0 spiro atoms. The summed E-state index contributed by atoms with van der Waals surface area (Å²) in [5.74, 6) is 1.45. The summed E-state index contributed by atoms with van der Waals surface area (Å²) < 4.78 is 7.53. The maximum Gasteiger partial charge on any atom is 0.318 e. The molecule has 0 aliphatic carbocycles. The second kappa shape index (κ2) is 7.45. The molecule has 0 aromatic carbocycles.